The van der Waals surface area contributed by atoms with Gasteiger partial charge >= 0.3 is 0 Å². The van der Waals surface area contributed by atoms with Gasteiger partial charge in [0.1, 0.15) is 0 Å². The minimum atomic E-state index is 0.167. The summed E-state index contributed by atoms with van der Waals surface area (Å²) in [5, 5.41) is 17.2. The lowest BCUT2D eigenvalue weighted by molar-refractivity contribution is 0.259. The first kappa shape index (κ1) is 23.4. The van der Waals surface area contributed by atoms with Crippen LogP contribution in [0.15, 0.2) is 34.9 Å². The molecule has 0 rings (SSSR count). The van der Waals surface area contributed by atoms with Gasteiger partial charge < -0.3 is 10.2 Å². The van der Waals surface area contributed by atoms with Crippen LogP contribution in [0.3, 0.4) is 0 Å². The molecule has 0 fully saturated rings. The molecule has 22 heavy (non-hydrogen) atoms. The van der Waals surface area contributed by atoms with Crippen LogP contribution in [0.25, 0.3) is 0 Å². The Balaban J connectivity index is 0. The average molecular weight is 311 g/mol. The van der Waals surface area contributed by atoms with Gasteiger partial charge in [-0.3, -0.25) is 0 Å². The Bertz CT molecular complexity index is 330. The number of aliphatic hydroxyl groups excluding tert-OH is 2. The summed E-state index contributed by atoms with van der Waals surface area (Å²) in [6.45, 7) is 13.2. The lowest BCUT2D eigenvalue weighted by Crippen LogP contribution is -1.96. The first-order chi connectivity index (χ1) is 10.3. The van der Waals surface area contributed by atoms with Crippen molar-refractivity contribution in [1.82, 2.24) is 0 Å². The molecule has 0 heterocycles. The third-order valence-corrected chi connectivity index (χ3v) is 3.36. The Morgan fingerprint density at radius 1 is 0.818 bits per heavy atom. The van der Waals surface area contributed by atoms with Gasteiger partial charge in [-0.05, 0) is 72.6 Å². The zero-order valence-electron chi connectivity index (χ0n) is 15.7. The largest absolute Gasteiger partial charge is 0.396 e. The molecule has 130 valence electrons. The Morgan fingerprint density at radius 2 is 1.36 bits per heavy atom. The molecule has 0 bridgehead atoms. The summed E-state index contributed by atoms with van der Waals surface area (Å²) in [5.74, 6) is 0.663. The van der Waals surface area contributed by atoms with Gasteiger partial charge in [0.15, 0.2) is 0 Å². The average Bonchev–Trinajstić information content (AvgIpc) is 2.39. The van der Waals surface area contributed by atoms with E-state index in [1.165, 1.54) is 23.1 Å². The summed E-state index contributed by atoms with van der Waals surface area (Å²) in [6.07, 6.45) is 11.8. The maximum atomic E-state index is 8.63. The van der Waals surface area contributed by atoms with Crippen molar-refractivity contribution in [2.24, 2.45) is 5.92 Å². The summed E-state index contributed by atoms with van der Waals surface area (Å²) in [7, 11) is 0. The lowest BCUT2D eigenvalue weighted by atomic mass is 10.0. The van der Waals surface area contributed by atoms with E-state index in [4.69, 9.17) is 10.2 Å². The van der Waals surface area contributed by atoms with Crippen molar-refractivity contribution in [3.63, 3.8) is 0 Å². The number of hydrogen-bond acceptors (Lipinski definition) is 2. The molecule has 0 aliphatic carbocycles. The highest BCUT2D eigenvalue weighted by atomic mass is 16.3. The molecular formula is C20H38O2. The fourth-order valence-electron chi connectivity index (χ4n) is 1.87. The molecule has 0 amide bonds. The van der Waals surface area contributed by atoms with Crippen LogP contribution in [0.4, 0.5) is 0 Å². The summed E-state index contributed by atoms with van der Waals surface area (Å²) in [5.41, 5.74) is 4.02. The highest BCUT2D eigenvalue weighted by molar-refractivity contribution is 5.01. The summed E-state index contributed by atoms with van der Waals surface area (Å²) in [6, 6.07) is 0. The highest BCUT2D eigenvalue weighted by Gasteiger charge is 1.98. The third-order valence-electron chi connectivity index (χ3n) is 3.36. The molecule has 1 atom stereocenters. The van der Waals surface area contributed by atoms with Gasteiger partial charge in [-0.1, -0.05) is 41.9 Å². The van der Waals surface area contributed by atoms with Gasteiger partial charge in [-0.25, -0.2) is 0 Å². The second-order valence-corrected chi connectivity index (χ2v) is 6.53. The normalized spacial score (nSPS) is 12.1. The van der Waals surface area contributed by atoms with Crippen LogP contribution in [0.2, 0.25) is 0 Å². The molecule has 0 saturated heterocycles. The van der Waals surface area contributed by atoms with E-state index in [0.29, 0.717) is 12.5 Å². The minimum absolute atomic E-state index is 0.167. The Morgan fingerprint density at radius 3 is 1.82 bits per heavy atom. The number of hydrogen-bond donors (Lipinski definition) is 2. The Hall–Kier alpha value is -0.860. The van der Waals surface area contributed by atoms with Crippen molar-refractivity contribution in [3.05, 3.63) is 34.9 Å². The predicted molar refractivity (Wildman–Crippen MR) is 99.0 cm³/mol. The SMILES string of the molecule is CC(C)=CCC/C(C)=C/CO.CC(C)=CCCC(C)CCO. The van der Waals surface area contributed by atoms with Crippen LogP contribution >= 0.6 is 0 Å². The molecule has 0 spiro atoms. The first-order valence-corrected chi connectivity index (χ1v) is 8.47. The van der Waals surface area contributed by atoms with Gasteiger partial charge in [0, 0.05) is 6.61 Å². The van der Waals surface area contributed by atoms with Crippen LogP contribution in [-0.4, -0.2) is 23.4 Å². The monoisotopic (exact) mass is 310 g/mol. The van der Waals surface area contributed by atoms with Crippen molar-refractivity contribution in [2.75, 3.05) is 13.2 Å². The van der Waals surface area contributed by atoms with Gasteiger partial charge in [0.05, 0.1) is 6.61 Å². The smallest absolute Gasteiger partial charge is 0.0614 e. The van der Waals surface area contributed by atoms with Crippen molar-refractivity contribution in [1.29, 1.82) is 0 Å². The van der Waals surface area contributed by atoms with E-state index in [9.17, 15) is 0 Å². The molecule has 0 aromatic heterocycles. The molecule has 1 unspecified atom stereocenters. The molecule has 0 aromatic rings. The van der Waals surface area contributed by atoms with E-state index in [1.54, 1.807) is 0 Å². The molecule has 0 aromatic carbocycles. The van der Waals surface area contributed by atoms with Crippen LogP contribution in [0, 0.1) is 5.92 Å². The lowest BCUT2D eigenvalue weighted by Gasteiger charge is -2.06. The molecular weight excluding hydrogens is 272 g/mol. The molecule has 2 nitrogen and oxygen atoms in total. The van der Waals surface area contributed by atoms with Crippen molar-refractivity contribution >= 4 is 0 Å². The molecule has 0 saturated carbocycles. The van der Waals surface area contributed by atoms with E-state index in [0.717, 1.165) is 25.7 Å². The molecule has 0 radical (unpaired) electrons. The number of aliphatic hydroxyl groups is 2. The van der Waals surface area contributed by atoms with E-state index in [2.05, 4.69) is 53.7 Å². The zero-order chi connectivity index (χ0) is 17.4. The van der Waals surface area contributed by atoms with Gasteiger partial charge in [-0.15, -0.1) is 0 Å². The van der Waals surface area contributed by atoms with Crippen LogP contribution in [-0.2, 0) is 0 Å². The second-order valence-electron chi connectivity index (χ2n) is 6.53. The number of rotatable bonds is 9. The fourth-order valence-corrected chi connectivity index (χ4v) is 1.87. The van der Waals surface area contributed by atoms with Gasteiger partial charge in [-0.2, -0.15) is 0 Å². The van der Waals surface area contributed by atoms with E-state index in [1.807, 2.05) is 6.08 Å². The summed E-state index contributed by atoms with van der Waals surface area (Å²) >= 11 is 0. The zero-order valence-corrected chi connectivity index (χ0v) is 15.7. The van der Waals surface area contributed by atoms with Gasteiger partial charge in [0.2, 0.25) is 0 Å². The predicted octanol–water partition coefficient (Wildman–Crippen LogP) is 5.42. The highest BCUT2D eigenvalue weighted by Crippen LogP contribution is 2.10. The maximum Gasteiger partial charge on any atom is 0.0614 e. The van der Waals surface area contributed by atoms with Crippen LogP contribution in [0.1, 0.15) is 73.6 Å². The van der Waals surface area contributed by atoms with Crippen LogP contribution < -0.4 is 0 Å². The van der Waals surface area contributed by atoms with Crippen molar-refractivity contribution < 1.29 is 10.2 Å². The molecule has 0 aliphatic heterocycles. The van der Waals surface area contributed by atoms with Gasteiger partial charge in [0.25, 0.3) is 0 Å². The molecule has 0 aliphatic rings. The second kappa shape index (κ2) is 16.5. The molecule has 2 heteroatoms. The van der Waals surface area contributed by atoms with E-state index in [-0.39, 0.29) is 6.61 Å². The minimum Gasteiger partial charge on any atom is -0.396 e. The molecule has 2 N–H and O–H groups in total. The standard InChI is InChI=1S/C10H20O.C10H18O/c2*1-9(2)5-4-6-10(3)7-8-11/h5,10-11H,4,6-8H2,1-3H3;5,7,11H,4,6,8H2,1-3H3/b;10-7+. The topological polar surface area (TPSA) is 40.5 Å². The fraction of sp³-hybridized carbons (Fsp3) is 0.700. The Labute approximate surface area is 138 Å². The first-order valence-electron chi connectivity index (χ1n) is 8.47. The van der Waals surface area contributed by atoms with E-state index >= 15 is 0 Å². The quantitative estimate of drug-likeness (QED) is 0.558. The third kappa shape index (κ3) is 21.4. The van der Waals surface area contributed by atoms with E-state index < -0.39 is 0 Å². The maximum absolute atomic E-state index is 8.63. The van der Waals surface area contributed by atoms with Crippen LogP contribution in [0.5, 0.6) is 0 Å². The summed E-state index contributed by atoms with van der Waals surface area (Å²) < 4.78 is 0. The van der Waals surface area contributed by atoms with Crippen molar-refractivity contribution in [2.45, 2.75) is 73.6 Å². The number of allylic oxidation sites excluding steroid dienone is 5. The Kier molecular flexibility index (Phi) is 17.6. The summed E-state index contributed by atoms with van der Waals surface area (Å²) in [4.78, 5) is 0. The van der Waals surface area contributed by atoms with Crippen molar-refractivity contribution in [3.8, 4) is 0 Å².